The predicted molar refractivity (Wildman–Crippen MR) is 104 cm³/mol. The van der Waals surface area contributed by atoms with Gasteiger partial charge < -0.3 is 9.47 Å². The van der Waals surface area contributed by atoms with E-state index in [2.05, 4.69) is 23.3 Å². The van der Waals surface area contributed by atoms with Crippen molar-refractivity contribution < 1.29 is 4.79 Å². The Balaban J connectivity index is 1.75. The Bertz CT molecular complexity index is 978. The highest BCUT2D eigenvalue weighted by atomic mass is 35.5. The zero-order valence-electron chi connectivity index (χ0n) is 14.4. The van der Waals surface area contributed by atoms with E-state index < -0.39 is 0 Å². The first-order chi connectivity index (χ1) is 12.7. The molecule has 1 aromatic heterocycles. The van der Waals surface area contributed by atoms with Crippen molar-refractivity contribution in [3.05, 3.63) is 77.6 Å². The Labute approximate surface area is 157 Å². The molecule has 1 aliphatic heterocycles. The van der Waals surface area contributed by atoms with Crippen molar-refractivity contribution in [2.45, 2.75) is 18.9 Å². The van der Waals surface area contributed by atoms with Crippen molar-refractivity contribution in [3.63, 3.8) is 0 Å². The van der Waals surface area contributed by atoms with Gasteiger partial charge >= 0.3 is 0 Å². The zero-order chi connectivity index (χ0) is 18.1. The van der Waals surface area contributed by atoms with E-state index >= 15 is 0 Å². The first-order valence-electron chi connectivity index (χ1n) is 8.74. The summed E-state index contributed by atoms with van der Waals surface area (Å²) in [4.78, 5) is 19.0. The predicted octanol–water partition coefficient (Wildman–Crippen LogP) is 4.24. The number of likely N-dealkylation sites (tertiary alicyclic amines) is 1. The van der Waals surface area contributed by atoms with E-state index in [0.29, 0.717) is 26.1 Å². The fourth-order valence-corrected chi connectivity index (χ4v) is 3.88. The molecule has 1 amide bonds. The highest BCUT2D eigenvalue weighted by Crippen LogP contribution is 2.31. The number of carbonyl (C=O) groups is 1. The smallest absolute Gasteiger partial charge is 0.223 e. The van der Waals surface area contributed by atoms with Gasteiger partial charge in [-0.2, -0.15) is 0 Å². The Morgan fingerprint density at radius 1 is 1.23 bits per heavy atom. The van der Waals surface area contributed by atoms with Crippen molar-refractivity contribution in [1.82, 2.24) is 14.5 Å². The van der Waals surface area contributed by atoms with Gasteiger partial charge in [0.25, 0.3) is 0 Å². The molecule has 0 N–H and O–H groups in total. The van der Waals surface area contributed by atoms with Gasteiger partial charge in [-0.25, -0.2) is 4.98 Å². The molecule has 5 heteroatoms. The van der Waals surface area contributed by atoms with Gasteiger partial charge in [0, 0.05) is 37.0 Å². The van der Waals surface area contributed by atoms with Crippen molar-refractivity contribution in [1.29, 1.82) is 0 Å². The number of aromatic nitrogens is 2. The molecule has 1 atom stereocenters. The average molecular weight is 366 g/mol. The van der Waals surface area contributed by atoms with Crippen LogP contribution >= 0.6 is 11.6 Å². The molecule has 2 heterocycles. The standard InChI is InChI=1S/C21H20ClN3O/c1-2-10-24-14-16(12-20(24)26)21-23-18-8-3-4-9-19(18)25(21)13-15-6-5-7-17(22)11-15/h2-9,11,16H,1,10,12-14H2. The third kappa shape index (κ3) is 3.13. The summed E-state index contributed by atoms with van der Waals surface area (Å²) in [6.07, 6.45) is 2.27. The lowest BCUT2D eigenvalue weighted by Gasteiger charge is -2.16. The van der Waals surface area contributed by atoms with E-state index in [0.717, 1.165) is 27.4 Å². The molecule has 0 bridgehead atoms. The first-order valence-corrected chi connectivity index (χ1v) is 9.12. The molecular weight excluding hydrogens is 346 g/mol. The van der Waals surface area contributed by atoms with Crippen LogP contribution in [0, 0.1) is 0 Å². The Kier molecular flexibility index (Phi) is 4.51. The molecule has 1 unspecified atom stereocenters. The van der Waals surface area contributed by atoms with E-state index in [4.69, 9.17) is 16.6 Å². The number of amides is 1. The third-order valence-corrected chi connectivity index (χ3v) is 5.08. The molecule has 3 aromatic rings. The second-order valence-electron chi connectivity index (χ2n) is 6.66. The largest absolute Gasteiger partial charge is 0.338 e. The van der Waals surface area contributed by atoms with E-state index in [1.54, 1.807) is 6.08 Å². The van der Waals surface area contributed by atoms with Crippen molar-refractivity contribution >= 4 is 28.5 Å². The van der Waals surface area contributed by atoms with Gasteiger partial charge in [-0.1, -0.05) is 41.9 Å². The zero-order valence-corrected chi connectivity index (χ0v) is 15.2. The highest BCUT2D eigenvalue weighted by molar-refractivity contribution is 6.30. The summed E-state index contributed by atoms with van der Waals surface area (Å²) in [6.45, 7) is 5.70. The van der Waals surface area contributed by atoms with Crippen LogP contribution in [0.1, 0.15) is 23.7 Å². The maximum Gasteiger partial charge on any atom is 0.223 e. The molecule has 1 aliphatic rings. The maximum absolute atomic E-state index is 12.3. The molecule has 1 saturated heterocycles. The van der Waals surface area contributed by atoms with Crippen LogP contribution in [-0.2, 0) is 11.3 Å². The van der Waals surface area contributed by atoms with Crippen LogP contribution in [0.2, 0.25) is 5.02 Å². The Morgan fingerprint density at radius 2 is 2.08 bits per heavy atom. The lowest BCUT2D eigenvalue weighted by atomic mass is 10.1. The van der Waals surface area contributed by atoms with Crippen molar-refractivity contribution in [3.8, 4) is 0 Å². The second kappa shape index (κ2) is 6.96. The number of benzene rings is 2. The van der Waals surface area contributed by atoms with Gasteiger partial charge in [0.15, 0.2) is 0 Å². The molecule has 4 rings (SSSR count). The fraction of sp³-hybridized carbons (Fsp3) is 0.238. The molecule has 1 fully saturated rings. The number of halogens is 1. The minimum atomic E-state index is 0.0917. The van der Waals surface area contributed by atoms with Crippen molar-refractivity contribution in [2.75, 3.05) is 13.1 Å². The van der Waals surface area contributed by atoms with Gasteiger partial charge in [0.2, 0.25) is 5.91 Å². The van der Waals surface area contributed by atoms with Crippen molar-refractivity contribution in [2.24, 2.45) is 0 Å². The first kappa shape index (κ1) is 16.9. The molecular formula is C21H20ClN3O. The molecule has 0 saturated carbocycles. The number of rotatable bonds is 5. The molecule has 132 valence electrons. The summed E-state index contributed by atoms with van der Waals surface area (Å²) >= 11 is 6.16. The summed E-state index contributed by atoms with van der Waals surface area (Å²) in [5, 5.41) is 0.724. The second-order valence-corrected chi connectivity index (χ2v) is 7.10. The number of hydrogen-bond acceptors (Lipinski definition) is 2. The topological polar surface area (TPSA) is 38.1 Å². The van der Waals surface area contributed by atoms with Crippen LogP contribution in [0.5, 0.6) is 0 Å². The number of fused-ring (bicyclic) bond motifs is 1. The molecule has 4 nitrogen and oxygen atoms in total. The number of imidazole rings is 1. The Hall–Kier alpha value is -2.59. The molecule has 2 aromatic carbocycles. The van der Waals surface area contributed by atoms with Gasteiger partial charge in [-0.15, -0.1) is 6.58 Å². The fourth-order valence-electron chi connectivity index (χ4n) is 3.67. The van der Waals surface area contributed by atoms with E-state index in [9.17, 15) is 4.79 Å². The van der Waals surface area contributed by atoms with Crippen LogP contribution < -0.4 is 0 Å². The quantitative estimate of drug-likeness (QED) is 0.634. The number of nitrogens with zero attached hydrogens (tertiary/aromatic N) is 3. The van der Waals surface area contributed by atoms with Gasteiger partial charge in [-0.3, -0.25) is 4.79 Å². The summed E-state index contributed by atoms with van der Waals surface area (Å²) in [7, 11) is 0. The number of carbonyl (C=O) groups excluding carboxylic acids is 1. The summed E-state index contributed by atoms with van der Waals surface area (Å²) < 4.78 is 2.22. The molecule has 0 radical (unpaired) electrons. The summed E-state index contributed by atoms with van der Waals surface area (Å²) in [6, 6.07) is 16.0. The monoisotopic (exact) mass is 365 g/mol. The average Bonchev–Trinajstić information content (AvgIpc) is 3.17. The SMILES string of the molecule is C=CCN1CC(c2nc3ccccc3n2Cc2cccc(Cl)c2)CC1=O. The van der Waals surface area contributed by atoms with Gasteiger partial charge in [0.1, 0.15) is 5.82 Å². The van der Waals surface area contributed by atoms with Crippen LogP contribution in [0.15, 0.2) is 61.2 Å². The summed E-state index contributed by atoms with van der Waals surface area (Å²) in [5.41, 5.74) is 3.16. The van der Waals surface area contributed by atoms with Crippen LogP contribution in [-0.4, -0.2) is 33.4 Å². The van der Waals surface area contributed by atoms with E-state index in [-0.39, 0.29) is 11.8 Å². The highest BCUT2D eigenvalue weighted by Gasteiger charge is 2.33. The van der Waals surface area contributed by atoms with Crippen LogP contribution in [0.25, 0.3) is 11.0 Å². The number of hydrogen-bond donors (Lipinski definition) is 0. The molecule has 26 heavy (non-hydrogen) atoms. The van der Waals surface area contributed by atoms with Gasteiger partial charge in [-0.05, 0) is 29.8 Å². The van der Waals surface area contributed by atoms with Crippen LogP contribution in [0.3, 0.4) is 0 Å². The van der Waals surface area contributed by atoms with E-state index in [1.165, 1.54) is 0 Å². The third-order valence-electron chi connectivity index (χ3n) is 4.84. The lowest BCUT2D eigenvalue weighted by Crippen LogP contribution is -2.25. The minimum absolute atomic E-state index is 0.0917. The Morgan fingerprint density at radius 3 is 2.88 bits per heavy atom. The summed E-state index contributed by atoms with van der Waals surface area (Å²) in [5.74, 6) is 1.22. The normalized spacial score (nSPS) is 17.2. The molecule has 0 spiro atoms. The minimum Gasteiger partial charge on any atom is -0.338 e. The van der Waals surface area contributed by atoms with Crippen LogP contribution in [0.4, 0.5) is 0 Å². The lowest BCUT2D eigenvalue weighted by molar-refractivity contribution is -0.127. The van der Waals surface area contributed by atoms with Gasteiger partial charge in [0.05, 0.1) is 11.0 Å². The van der Waals surface area contributed by atoms with E-state index in [1.807, 2.05) is 41.3 Å². The number of para-hydroxylation sites is 2. The maximum atomic E-state index is 12.3. The molecule has 0 aliphatic carbocycles.